The van der Waals surface area contributed by atoms with E-state index in [2.05, 4.69) is 5.16 Å². The first-order chi connectivity index (χ1) is 8.92. The molecule has 5 nitrogen and oxygen atoms in total. The lowest BCUT2D eigenvalue weighted by Crippen LogP contribution is -2.53. The first-order valence-corrected chi connectivity index (χ1v) is 7.22. The van der Waals surface area contributed by atoms with Crippen LogP contribution < -0.4 is 5.73 Å². The van der Waals surface area contributed by atoms with Crippen LogP contribution in [0.2, 0.25) is 0 Å². The van der Waals surface area contributed by atoms with Crippen molar-refractivity contribution in [1.82, 2.24) is 4.90 Å². The van der Waals surface area contributed by atoms with Crippen LogP contribution in [0.1, 0.15) is 53.4 Å². The van der Waals surface area contributed by atoms with Crippen LogP contribution in [0, 0.1) is 11.3 Å². The fraction of sp³-hybridized carbons (Fsp3) is 0.857. The molecule has 0 bridgehead atoms. The molecular formula is C14H27N3O2. The lowest BCUT2D eigenvalue weighted by atomic mass is 9.79. The summed E-state index contributed by atoms with van der Waals surface area (Å²) in [7, 11) is 0. The SMILES string of the molecule is CCC(CC)(C(=O)N(CC1CC1)C(C)C)C(N)=NO. The van der Waals surface area contributed by atoms with Gasteiger partial charge >= 0.3 is 0 Å². The van der Waals surface area contributed by atoms with Crippen molar-refractivity contribution >= 4 is 11.7 Å². The normalized spacial score (nSPS) is 16.8. The summed E-state index contributed by atoms with van der Waals surface area (Å²) < 4.78 is 0. The van der Waals surface area contributed by atoms with Gasteiger partial charge in [0.1, 0.15) is 5.41 Å². The summed E-state index contributed by atoms with van der Waals surface area (Å²) in [5, 5.41) is 12.1. The summed E-state index contributed by atoms with van der Waals surface area (Å²) in [4.78, 5) is 14.8. The molecular weight excluding hydrogens is 242 g/mol. The molecule has 1 amide bonds. The van der Waals surface area contributed by atoms with Crippen molar-refractivity contribution in [3.05, 3.63) is 0 Å². The number of rotatable bonds is 7. The van der Waals surface area contributed by atoms with Gasteiger partial charge in [0, 0.05) is 12.6 Å². The van der Waals surface area contributed by atoms with Gasteiger partial charge in [-0.05, 0) is 45.4 Å². The zero-order valence-electron chi connectivity index (χ0n) is 12.5. The molecule has 0 heterocycles. The third-order valence-corrected chi connectivity index (χ3v) is 4.25. The molecule has 19 heavy (non-hydrogen) atoms. The zero-order valence-corrected chi connectivity index (χ0v) is 12.5. The Balaban J connectivity index is 3.01. The molecule has 0 aromatic heterocycles. The maximum Gasteiger partial charge on any atom is 0.236 e. The molecule has 0 aromatic rings. The van der Waals surface area contributed by atoms with Gasteiger partial charge in [0.15, 0.2) is 5.84 Å². The van der Waals surface area contributed by atoms with E-state index in [4.69, 9.17) is 10.9 Å². The monoisotopic (exact) mass is 269 g/mol. The van der Waals surface area contributed by atoms with E-state index in [-0.39, 0.29) is 17.8 Å². The third kappa shape index (κ3) is 3.19. The average Bonchev–Trinajstić information content (AvgIpc) is 3.21. The van der Waals surface area contributed by atoms with Crippen molar-refractivity contribution in [2.45, 2.75) is 59.4 Å². The highest BCUT2D eigenvalue weighted by atomic mass is 16.4. The minimum absolute atomic E-state index is 0.00491. The Morgan fingerprint density at radius 1 is 1.42 bits per heavy atom. The summed E-state index contributed by atoms with van der Waals surface area (Å²) >= 11 is 0. The minimum atomic E-state index is -0.867. The number of carbonyl (C=O) groups is 1. The smallest absolute Gasteiger partial charge is 0.236 e. The van der Waals surface area contributed by atoms with Crippen molar-refractivity contribution in [1.29, 1.82) is 0 Å². The number of nitrogens with zero attached hydrogens (tertiary/aromatic N) is 2. The predicted molar refractivity (Wildman–Crippen MR) is 76.0 cm³/mol. The van der Waals surface area contributed by atoms with Gasteiger partial charge in [-0.15, -0.1) is 0 Å². The Bertz CT molecular complexity index is 345. The number of hydrogen-bond donors (Lipinski definition) is 2. The molecule has 0 radical (unpaired) electrons. The quantitative estimate of drug-likeness (QED) is 0.322. The second kappa shape index (κ2) is 6.26. The molecule has 1 aliphatic rings. The first kappa shape index (κ1) is 15.8. The molecule has 0 atom stereocenters. The first-order valence-electron chi connectivity index (χ1n) is 7.22. The number of carbonyl (C=O) groups excluding carboxylic acids is 1. The fourth-order valence-corrected chi connectivity index (χ4v) is 2.50. The molecule has 0 aromatic carbocycles. The van der Waals surface area contributed by atoms with Crippen LogP contribution >= 0.6 is 0 Å². The van der Waals surface area contributed by atoms with Crippen molar-refractivity contribution in [2.75, 3.05) is 6.54 Å². The summed E-state index contributed by atoms with van der Waals surface area (Å²) in [6, 6.07) is 0.136. The van der Waals surface area contributed by atoms with E-state index < -0.39 is 5.41 Å². The molecule has 110 valence electrons. The fourth-order valence-electron chi connectivity index (χ4n) is 2.50. The van der Waals surface area contributed by atoms with Gasteiger partial charge < -0.3 is 15.8 Å². The molecule has 1 aliphatic carbocycles. The van der Waals surface area contributed by atoms with Crippen LogP contribution in [0.3, 0.4) is 0 Å². The summed E-state index contributed by atoms with van der Waals surface area (Å²) in [6.45, 7) is 8.65. The molecule has 3 N–H and O–H groups in total. The molecule has 0 aliphatic heterocycles. The molecule has 0 spiro atoms. The number of hydrogen-bond acceptors (Lipinski definition) is 3. The largest absolute Gasteiger partial charge is 0.409 e. The van der Waals surface area contributed by atoms with Crippen LogP contribution in [0.25, 0.3) is 0 Å². The van der Waals surface area contributed by atoms with Gasteiger partial charge in [-0.2, -0.15) is 0 Å². The van der Waals surface area contributed by atoms with Gasteiger partial charge in [0.05, 0.1) is 0 Å². The topological polar surface area (TPSA) is 78.9 Å². The van der Waals surface area contributed by atoms with E-state index in [9.17, 15) is 4.79 Å². The van der Waals surface area contributed by atoms with Crippen LogP contribution in [-0.2, 0) is 4.79 Å². The van der Waals surface area contributed by atoms with Crippen LogP contribution in [0.4, 0.5) is 0 Å². The van der Waals surface area contributed by atoms with E-state index in [1.165, 1.54) is 12.8 Å². The number of amides is 1. The Labute approximate surface area is 115 Å². The lowest BCUT2D eigenvalue weighted by molar-refractivity contribution is -0.141. The standard InChI is InChI=1S/C14H27N3O2/c1-5-14(6-2,12(15)16-19)13(18)17(10(3)4)9-11-7-8-11/h10-11,19H,5-9H2,1-4H3,(H2,15,16). The molecule has 0 unspecified atom stereocenters. The van der Waals surface area contributed by atoms with Crippen LogP contribution in [0.5, 0.6) is 0 Å². The van der Waals surface area contributed by atoms with Crippen LogP contribution in [-0.4, -0.2) is 34.4 Å². The van der Waals surface area contributed by atoms with Crippen molar-refractivity contribution < 1.29 is 10.0 Å². The highest BCUT2D eigenvalue weighted by Crippen LogP contribution is 2.34. The van der Waals surface area contributed by atoms with E-state index in [1.54, 1.807) is 0 Å². The number of oxime groups is 1. The van der Waals surface area contributed by atoms with Gasteiger partial charge in [-0.3, -0.25) is 4.79 Å². The Morgan fingerprint density at radius 2 is 1.95 bits per heavy atom. The average molecular weight is 269 g/mol. The Kier molecular flexibility index (Phi) is 5.20. The van der Waals surface area contributed by atoms with Crippen molar-refractivity contribution in [3.8, 4) is 0 Å². The second-order valence-corrected chi connectivity index (χ2v) is 5.77. The zero-order chi connectivity index (χ0) is 14.6. The van der Waals surface area contributed by atoms with E-state index in [1.807, 2.05) is 32.6 Å². The van der Waals surface area contributed by atoms with Gasteiger partial charge in [0.2, 0.25) is 5.91 Å². The summed E-state index contributed by atoms with van der Waals surface area (Å²) in [5.74, 6) is 0.656. The highest BCUT2D eigenvalue weighted by molar-refractivity contribution is 6.06. The Hall–Kier alpha value is -1.26. The van der Waals surface area contributed by atoms with Gasteiger partial charge in [0.25, 0.3) is 0 Å². The lowest BCUT2D eigenvalue weighted by Gasteiger charge is -2.37. The van der Waals surface area contributed by atoms with E-state index in [0.717, 1.165) is 6.54 Å². The Morgan fingerprint density at radius 3 is 2.26 bits per heavy atom. The van der Waals surface area contributed by atoms with Gasteiger partial charge in [-0.25, -0.2) is 0 Å². The highest BCUT2D eigenvalue weighted by Gasteiger charge is 2.44. The minimum Gasteiger partial charge on any atom is -0.409 e. The number of nitrogens with two attached hydrogens (primary N) is 1. The maximum absolute atomic E-state index is 12.9. The molecule has 5 heteroatoms. The predicted octanol–water partition coefficient (Wildman–Crippen LogP) is 2.19. The molecule has 1 saturated carbocycles. The van der Waals surface area contributed by atoms with Gasteiger partial charge in [-0.1, -0.05) is 19.0 Å². The van der Waals surface area contributed by atoms with Crippen molar-refractivity contribution in [3.63, 3.8) is 0 Å². The van der Waals surface area contributed by atoms with Crippen LogP contribution in [0.15, 0.2) is 5.16 Å². The van der Waals surface area contributed by atoms with E-state index in [0.29, 0.717) is 18.8 Å². The maximum atomic E-state index is 12.9. The molecule has 0 saturated heterocycles. The third-order valence-electron chi connectivity index (χ3n) is 4.25. The summed E-state index contributed by atoms with van der Waals surface area (Å²) in [5.41, 5.74) is 4.94. The van der Waals surface area contributed by atoms with Crippen molar-refractivity contribution in [2.24, 2.45) is 22.2 Å². The second-order valence-electron chi connectivity index (χ2n) is 5.77. The summed E-state index contributed by atoms with van der Waals surface area (Å²) in [6.07, 6.45) is 3.49. The molecule has 1 rings (SSSR count). The number of amidine groups is 1. The van der Waals surface area contributed by atoms with E-state index >= 15 is 0 Å². The molecule has 1 fully saturated rings.